The zero-order valence-corrected chi connectivity index (χ0v) is 17.9. The van der Waals surface area contributed by atoms with Gasteiger partial charge in [-0.2, -0.15) is 0 Å². The highest BCUT2D eigenvalue weighted by Crippen LogP contribution is 2.16. The minimum absolute atomic E-state index is 0.0820. The average Bonchev–Trinajstić information content (AvgIpc) is 2.67. The molecule has 2 aromatic rings. The van der Waals surface area contributed by atoms with Gasteiger partial charge in [0, 0.05) is 16.8 Å². The van der Waals surface area contributed by atoms with Gasteiger partial charge in [-0.15, -0.1) is 0 Å². The van der Waals surface area contributed by atoms with Crippen LogP contribution < -0.4 is 9.46 Å². The van der Waals surface area contributed by atoms with E-state index in [1.165, 1.54) is 45.0 Å². The van der Waals surface area contributed by atoms with Crippen LogP contribution in [0.3, 0.4) is 0 Å². The molecule has 0 spiro atoms. The number of hydrogen-bond acceptors (Lipinski definition) is 7. The summed E-state index contributed by atoms with van der Waals surface area (Å²) in [7, 11) is -3.42. The Morgan fingerprint density at radius 2 is 1.40 bits per heavy atom. The van der Waals surface area contributed by atoms with Crippen molar-refractivity contribution >= 4 is 33.2 Å². The van der Waals surface area contributed by atoms with Gasteiger partial charge in [-0.3, -0.25) is 14.3 Å². The van der Waals surface area contributed by atoms with Crippen LogP contribution in [0.25, 0.3) is 0 Å². The number of carbonyl (C=O) groups is 3. The lowest BCUT2D eigenvalue weighted by atomic mass is 10.1. The number of hydrogen-bond donors (Lipinski definition) is 1. The average molecular weight is 433 g/mol. The molecule has 0 saturated heterocycles. The number of nitrogens with one attached hydrogen (secondary N) is 1. The van der Waals surface area contributed by atoms with E-state index < -0.39 is 34.0 Å². The molecule has 0 aliphatic heterocycles. The first-order chi connectivity index (χ1) is 14.0. The molecule has 9 heteroatoms. The summed E-state index contributed by atoms with van der Waals surface area (Å²) < 4.78 is 35.4. The summed E-state index contributed by atoms with van der Waals surface area (Å²) >= 11 is 0. The van der Waals surface area contributed by atoms with Crippen LogP contribution in [-0.2, 0) is 19.6 Å². The normalized spacial score (nSPS) is 13.1. The quantitative estimate of drug-likeness (QED) is 0.477. The van der Waals surface area contributed by atoms with Crippen molar-refractivity contribution in [2.45, 2.75) is 33.0 Å². The van der Waals surface area contributed by atoms with Gasteiger partial charge in [-0.1, -0.05) is 0 Å². The maximum atomic E-state index is 12.5. The molecule has 2 atom stereocenters. The molecule has 0 radical (unpaired) electrons. The molecule has 0 aliphatic carbocycles. The zero-order valence-electron chi connectivity index (χ0n) is 17.0. The molecule has 2 unspecified atom stereocenters. The van der Waals surface area contributed by atoms with Gasteiger partial charge in [0.05, 0.1) is 6.26 Å². The number of ketones is 2. The first-order valence-electron chi connectivity index (χ1n) is 9.06. The third kappa shape index (κ3) is 6.70. The molecule has 2 aromatic carbocycles. The Labute approximate surface area is 175 Å². The predicted octanol–water partition coefficient (Wildman–Crippen LogP) is 2.84. The molecule has 0 aliphatic rings. The molecule has 1 N–H and O–H groups in total. The van der Waals surface area contributed by atoms with Crippen LogP contribution in [0, 0.1) is 0 Å². The molecule has 160 valence electrons. The van der Waals surface area contributed by atoms with Gasteiger partial charge in [0.1, 0.15) is 5.75 Å². The summed E-state index contributed by atoms with van der Waals surface area (Å²) in [6, 6.07) is 12.1. The first-order valence-corrected chi connectivity index (χ1v) is 11.0. The van der Waals surface area contributed by atoms with Crippen LogP contribution in [0.2, 0.25) is 0 Å². The maximum absolute atomic E-state index is 12.5. The molecule has 0 fully saturated rings. The van der Waals surface area contributed by atoms with E-state index in [-0.39, 0.29) is 11.3 Å². The number of carbonyl (C=O) groups excluding carboxylic acids is 3. The highest BCUT2D eigenvalue weighted by Gasteiger charge is 2.24. The highest BCUT2D eigenvalue weighted by molar-refractivity contribution is 7.92. The second kappa shape index (κ2) is 9.53. The summed E-state index contributed by atoms with van der Waals surface area (Å²) in [6.45, 7) is 4.38. The molecule has 0 aromatic heterocycles. The monoisotopic (exact) mass is 433 g/mol. The Morgan fingerprint density at radius 3 is 1.90 bits per heavy atom. The molecule has 0 bridgehead atoms. The van der Waals surface area contributed by atoms with Crippen molar-refractivity contribution in [2.75, 3.05) is 11.0 Å². The fourth-order valence-electron chi connectivity index (χ4n) is 2.50. The minimum atomic E-state index is -3.42. The zero-order chi connectivity index (χ0) is 22.5. The van der Waals surface area contributed by atoms with Gasteiger partial charge in [0.25, 0.3) is 0 Å². The number of sulfonamides is 1. The SMILES string of the molecule is CC(=O)c1ccc(OC(C)C(=O)OC(C)C(=O)c2ccc(NS(C)(=O)=O)cc2)cc1. The molecule has 0 amide bonds. The molecular formula is C21H23NO7S. The predicted molar refractivity (Wildman–Crippen MR) is 111 cm³/mol. The summed E-state index contributed by atoms with van der Waals surface area (Å²) in [5, 5.41) is 0. The summed E-state index contributed by atoms with van der Waals surface area (Å²) in [6.07, 6.45) is -1.00. The van der Waals surface area contributed by atoms with Crippen LogP contribution >= 0.6 is 0 Å². The Balaban J connectivity index is 1.95. The summed E-state index contributed by atoms with van der Waals surface area (Å²) in [5.41, 5.74) is 1.11. The standard InChI is InChI=1S/C21H23NO7S/c1-13(23)16-7-11-19(12-8-16)28-15(3)21(25)29-14(2)20(24)17-5-9-18(10-6-17)22-30(4,26)27/h5-12,14-15,22H,1-4H3. The second-order valence-electron chi connectivity index (χ2n) is 6.74. The van der Waals surface area contributed by atoms with Crippen molar-refractivity contribution in [3.8, 4) is 5.75 Å². The number of ether oxygens (including phenoxy) is 2. The maximum Gasteiger partial charge on any atom is 0.347 e. The van der Waals surface area contributed by atoms with Crippen LogP contribution in [0.5, 0.6) is 5.75 Å². The molecule has 0 saturated carbocycles. The van der Waals surface area contributed by atoms with E-state index in [0.717, 1.165) is 6.26 Å². The lowest BCUT2D eigenvalue weighted by Gasteiger charge is -2.17. The smallest absolute Gasteiger partial charge is 0.347 e. The highest BCUT2D eigenvalue weighted by atomic mass is 32.2. The second-order valence-corrected chi connectivity index (χ2v) is 8.48. The number of rotatable bonds is 9. The Morgan fingerprint density at radius 1 is 0.867 bits per heavy atom. The number of anilines is 1. The number of Topliss-reactive ketones (excluding diaryl/α,β-unsaturated/α-hetero) is 2. The molecule has 8 nitrogen and oxygen atoms in total. The first kappa shape index (κ1) is 23.1. The lowest BCUT2D eigenvalue weighted by Crippen LogP contribution is -2.32. The molecular weight excluding hydrogens is 410 g/mol. The van der Waals surface area contributed by atoms with Crippen LogP contribution in [-0.4, -0.2) is 44.4 Å². The Bertz CT molecular complexity index is 1030. The fourth-order valence-corrected chi connectivity index (χ4v) is 3.06. The fraction of sp³-hybridized carbons (Fsp3) is 0.286. The van der Waals surface area contributed by atoms with E-state index in [4.69, 9.17) is 9.47 Å². The van der Waals surface area contributed by atoms with E-state index in [9.17, 15) is 22.8 Å². The van der Waals surface area contributed by atoms with Crippen LogP contribution in [0.1, 0.15) is 41.5 Å². The summed E-state index contributed by atoms with van der Waals surface area (Å²) in [5.74, 6) is -0.854. The van der Waals surface area contributed by atoms with Crippen LogP contribution in [0.4, 0.5) is 5.69 Å². The molecule has 30 heavy (non-hydrogen) atoms. The van der Waals surface area contributed by atoms with E-state index in [0.29, 0.717) is 17.0 Å². The van der Waals surface area contributed by atoms with Gasteiger partial charge < -0.3 is 9.47 Å². The summed E-state index contributed by atoms with van der Waals surface area (Å²) in [4.78, 5) is 36.0. The third-order valence-electron chi connectivity index (χ3n) is 4.04. The molecule has 0 heterocycles. The van der Waals surface area contributed by atoms with E-state index in [1.54, 1.807) is 24.3 Å². The van der Waals surface area contributed by atoms with Crippen molar-refractivity contribution in [3.63, 3.8) is 0 Å². The van der Waals surface area contributed by atoms with Gasteiger partial charge in [0.2, 0.25) is 15.8 Å². The molecule has 2 rings (SSSR count). The lowest BCUT2D eigenvalue weighted by molar-refractivity contribution is -0.153. The van der Waals surface area contributed by atoms with E-state index in [2.05, 4.69) is 4.72 Å². The Hall–Kier alpha value is -3.20. The van der Waals surface area contributed by atoms with Gasteiger partial charge in [0.15, 0.2) is 18.0 Å². The minimum Gasteiger partial charge on any atom is -0.479 e. The largest absolute Gasteiger partial charge is 0.479 e. The topological polar surface area (TPSA) is 116 Å². The van der Waals surface area contributed by atoms with Crippen molar-refractivity contribution in [1.82, 2.24) is 0 Å². The van der Waals surface area contributed by atoms with Crippen molar-refractivity contribution in [3.05, 3.63) is 59.7 Å². The van der Waals surface area contributed by atoms with Crippen molar-refractivity contribution in [1.29, 1.82) is 0 Å². The van der Waals surface area contributed by atoms with Crippen molar-refractivity contribution in [2.24, 2.45) is 0 Å². The van der Waals surface area contributed by atoms with Crippen molar-refractivity contribution < 1.29 is 32.3 Å². The van der Waals surface area contributed by atoms with E-state index >= 15 is 0 Å². The van der Waals surface area contributed by atoms with Gasteiger partial charge in [-0.05, 0) is 69.3 Å². The van der Waals surface area contributed by atoms with Gasteiger partial charge >= 0.3 is 5.97 Å². The number of benzene rings is 2. The Kier molecular flexibility index (Phi) is 7.33. The van der Waals surface area contributed by atoms with Gasteiger partial charge in [-0.25, -0.2) is 13.2 Å². The van der Waals surface area contributed by atoms with E-state index in [1.807, 2.05) is 0 Å². The number of esters is 1. The van der Waals surface area contributed by atoms with Crippen LogP contribution in [0.15, 0.2) is 48.5 Å². The third-order valence-corrected chi connectivity index (χ3v) is 4.65.